The number of likely N-dealkylation sites (N-methyl/N-ethyl adjacent to an activating group) is 1. The summed E-state index contributed by atoms with van der Waals surface area (Å²) in [6.45, 7) is 7.64. The first-order chi connectivity index (χ1) is 8.36. The van der Waals surface area contributed by atoms with Crippen molar-refractivity contribution in [1.82, 2.24) is 10.6 Å². The van der Waals surface area contributed by atoms with Crippen molar-refractivity contribution in [2.45, 2.75) is 13.3 Å². The smallest absolute Gasteiger partial charge is 0.0402 e. The van der Waals surface area contributed by atoms with Gasteiger partial charge in [-0.15, -0.1) is 6.58 Å². The van der Waals surface area contributed by atoms with Gasteiger partial charge in [0, 0.05) is 36.0 Å². The molecule has 0 aliphatic heterocycles. The molecule has 0 bridgehead atoms. The monoisotopic (exact) mass is 228 g/mol. The Morgan fingerprint density at radius 3 is 3.12 bits per heavy atom. The molecular formula is C15H20N2. The Bertz CT molecular complexity index is 411. The molecule has 0 spiro atoms. The Kier molecular flexibility index (Phi) is 3.86. The van der Waals surface area contributed by atoms with Gasteiger partial charge in [-0.2, -0.15) is 0 Å². The van der Waals surface area contributed by atoms with Gasteiger partial charge in [0.25, 0.3) is 0 Å². The Balaban J connectivity index is 2.29. The second-order valence-corrected chi connectivity index (χ2v) is 4.24. The average Bonchev–Trinajstić information content (AvgIpc) is 2.37. The van der Waals surface area contributed by atoms with E-state index in [0.29, 0.717) is 5.92 Å². The zero-order valence-electron chi connectivity index (χ0n) is 10.4. The first-order valence-corrected chi connectivity index (χ1v) is 6.25. The molecule has 0 aromatic heterocycles. The molecule has 2 aliphatic carbocycles. The summed E-state index contributed by atoms with van der Waals surface area (Å²) in [5, 5.41) is 6.86. The van der Waals surface area contributed by atoms with E-state index in [4.69, 9.17) is 0 Å². The van der Waals surface area contributed by atoms with Gasteiger partial charge in [-0.05, 0) is 25.5 Å². The largest absolute Gasteiger partial charge is 0.385 e. The third-order valence-corrected chi connectivity index (χ3v) is 3.04. The fourth-order valence-electron chi connectivity index (χ4n) is 2.32. The summed E-state index contributed by atoms with van der Waals surface area (Å²) >= 11 is 0. The fourth-order valence-corrected chi connectivity index (χ4v) is 2.32. The molecule has 0 aromatic rings. The van der Waals surface area contributed by atoms with Gasteiger partial charge in [-0.25, -0.2) is 0 Å². The first-order valence-electron chi connectivity index (χ1n) is 6.25. The highest BCUT2D eigenvalue weighted by Crippen LogP contribution is 2.32. The third-order valence-electron chi connectivity index (χ3n) is 3.04. The van der Waals surface area contributed by atoms with Crippen LogP contribution in [0.4, 0.5) is 0 Å². The molecule has 17 heavy (non-hydrogen) atoms. The molecule has 2 rings (SSSR count). The highest BCUT2D eigenvalue weighted by molar-refractivity contribution is 5.48. The molecule has 2 N–H and O–H groups in total. The van der Waals surface area contributed by atoms with Gasteiger partial charge in [0.15, 0.2) is 0 Å². The number of hydrogen-bond donors (Lipinski definition) is 2. The minimum absolute atomic E-state index is 0.506. The van der Waals surface area contributed by atoms with E-state index in [9.17, 15) is 0 Å². The highest BCUT2D eigenvalue weighted by Gasteiger charge is 2.22. The molecular weight excluding hydrogens is 208 g/mol. The second-order valence-electron chi connectivity index (χ2n) is 4.24. The predicted octanol–water partition coefficient (Wildman–Crippen LogP) is 2.66. The summed E-state index contributed by atoms with van der Waals surface area (Å²) in [5.41, 5.74) is 3.85. The summed E-state index contributed by atoms with van der Waals surface area (Å²) < 4.78 is 0. The summed E-state index contributed by atoms with van der Waals surface area (Å²) in [6, 6.07) is 0. The van der Waals surface area contributed by atoms with Crippen LogP contribution in [0.2, 0.25) is 0 Å². The Morgan fingerprint density at radius 2 is 2.35 bits per heavy atom. The Labute approximate surface area is 103 Å². The number of fused-ring (bicyclic) bond motifs is 1. The van der Waals surface area contributed by atoms with Crippen LogP contribution < -0.4 is 10.6 Å². The van der Waals surface area contributed by atoms with Crippen molar-refractivity contribution in [1.29, 1.82) is 0 Å². The van der Waals surface area contributed by atoms with E-state index in [1.807, 2.05) is 6.08 Å². The molecule has 0 aromatic carbocycles. The van der Waals surface area contributed by atoms with Crippen LogP contribution >= 0.6 is 0 Å². The summed E-state index contributed by atoms with van der Waals surface area (Å²) in [4.78, 5) is 0. The van der Waals surface area contributed by atoms with Crippen molar-refractivity contribution in [2.24, 2.45) is 5.92 Å². The number of nitrogens with one attached hydrogen (secondary N) is 2. The van der Waals surface area contributed by atoms with Crippen LogP contribution in [0.1, 0.15) is 13.3 Å². The molecule has 2 heteroatoms. The SMILES string of the molecule is C=CCNC1=CC=CC2CC=CC(NCC)=C12. The first kappa shape index (κ1) is 11.8. The third kappa shape index (κ3) is 2.52. The fraction of sp³-hybridized carbons (Fsp3) is 0.333. The van der Waals surface area contributed by atoms with Gasteiger partial charge in [0.2, 0.25) is 0 Å². The lowest BCUT2D eigenvalue weighted by atomic mass is 9.84. The van der Waals surface area contributed by atoms with Crippen LogP contribution in [-0.2, 0) is 0 Å². The van der Waals surface area contributed by atoms with Crippen LogP contribution in [0.15, 0.2) is 60.0 Å². The van der Waals surface area contributed by atoms with Crippen molar-refractivity contribution in [2.75, 3.05) is 13.1 Å². The van der Waals surface area contributed by atoms with Gasteiger partial charge in [0.1, 0.15) is 0 Å². The standard InChI is InChI=1S/C15H20N2/c1-3-11-17-14-10-6-8-12-7-5-9-13(15(12)14)16-4-2/h3,5-6,8-10,12,16-17H,1,4,7,11H2,2H3. The quantitative estimate of drug-likeness (QED) is 0.707. The van der Waals surface area contributed by atoms with Crippen molar-refractivity contribution < 1.29 is 0 Å². The molecule has 2 aliphatic rings. The van der Waals surface area contributed by atoms with Crippen molar-refractivity contribution in [3.8, 4) is 0 Å². The lowest BCUT2D eigenvalue weighted by Gasteiger charge is -2.28. The minimum Gasteiger partial charge on any atom is -0.385 e. The van der Waals surface area contributed by atoms with Crippen molar-refractivity contribution in [3.63, 3.8) is 0 Å². The zero-order chi connectivity index (χ0) is 12.1. The van der Waals surface area contributed by atoms with E-state index < -0.39 is 0 Å². The molecule has 0 saturated carbocycles. The van der Waals surface area contributed by atoms with E-state index >= 15 is 0 Å². The van der Waals surface area contributed by atoms with Crippen LogP contribution in [0.3, 0.4) is 0 Å². The summed E-state index contributed by atoms with van der Waals surface area (Å²) in [7, 11) is 0. The van der Waals surface area contributed by atoms with Gasteiger partial charge >= 0.3 is 0 Å². The molecule has 0 amide bonds. The van der Waals surface area contributed by atoms with Crippen LogP contribution in [0.25, 0.3) is 0 Å². The van der Waals surface area contributed by atoms with E-state index in [1.165, 1.54) is 17.0 Å². The van der Waals surface area contributed by atoms with Crippen LogP contribution in [0, 0.1) is 5.92 Å². The van der Waals surface area contributed by atoms with Crippen molar-refractivity contribution in [3.05, 3.63) is 60.0 Å². The number of hydrogen-bond acceptors (Lipinski definition) is 2. The van der Waals surface area contributed by atoms with Gasteiger partial charge < -0.3 is 10.6 Å². The Morgan fingerprint density at radius 1 is 1.47 bits per heavy atom. The highest BCUT2D eigenvalue weighted by atomic mass is 14.9. The van der Waals surface area contributed by atoms with Crippen molar-refractivity contribution >= 4 is 0 Å². The zero-order valence-corrected chi connectivity index (χ0v) is 10.4. The van der Waals surface area contributed by atoms with E-state index in [2.05, 4.69) is 54.5 Å². The summed E-state index contributed by atoms with van der Waals surface area (Å²) in [6.07, 6.45) is 14.0. The number of rotatable bonds is 5. The molecule has 0 fully saturated rings. The normalized spacial score (nSPS) is 21.9. The molecule has 0 heterocycles. The van der Waals surface area contributed by atoms with Gasteiger partial charge in [-0.3, -0.25) is 0 Å². The van der Waals surface area contributed by atoms with Gasteiger partial charge in [0.05, 0.1) is 0 Å². The van der Waals surface area contributed by atoms with Crippen LogP contribution in [0.5, 0.6) is 0 Å². The maximum Gasteiger partial charge on any atom is 0.0402 e. The minimum atomic E-state index is 0.506. The lowest BCUT2D eigenvalue weighted by molar-refractivity contribution is 0.697. The second kappa shape index (κ2) is 5.58. The molecule has 90 valence electrons. The lowest BCUT2D eigenvalue weighted by Crippen LogP contribution is -2.26. The van der Waals surface area contributed by atoms with E-state index in [1.54, 1.807) is 0 Å². The van der Waals surface area contributed by atoms with E-state index in [-0.39, 0.29) is 0 Å². The molecule has 1 atom stereocenters. The summed E-state index contributed by atoms with van der Waals surface area (Å²) in [5.74, 6) is 0.506. The van der Waals surface area contributed by atoms with E-state index in [0.717, 1.165) is 19.5 Å². The average molecular weight is 228 g/mol. The Hall–Kier alpha value is -1.70. The number of allylic oxidation sites excluding steroid dienone is 6. The molecule has 0 radical (unpaired) electrons. The molecule has 0 saturated heterocycles. The predicted molar refractivity (Wildman–Crippen MR) is 73.4 cm³/mol. The molecule has 2 nitrogen and oxygen atoms in total. The topological polar surface area (TPSA) is 24.1 Å². The van der Waals surface area contributed by atoms with Gasteiger partial charge in [-0.1, -0.05) is 24.3 Å². The molecule has 1 unspecified atom stereocenters. The maximum absolute atomic E-state index is 3.75. The maximum atomic E-state index is 3.75. The van der Waals surface area contributed by atoms with Crippen LogP contribution in [-0.4, -0.2) is 13.1 Å².